The number of hydrogen-bond acceptors (Lipinski definition) is 4. The van der Waals surface area contributed by atoms with Crippen molar-refractivity contribution in [1.82, 2.24) is 9.97 Å². The third-order valence-corrected chi connectivity index (χ3v) is 4.88. The first-order valence-corrected chi connectivity index (χ1v) is 10.5. The van der Waals surface area contributed by atoms with Gasteiger partial charge in [-0.15, -0.1) is 29.1 Å². The molecule has 4 rings (SSSR count). The van der Waals surface area contributed by atoms with Crippen molar-refractivity contribution < 1.29 is 30.3 Å². The van der Waals surface area contributed by atoms with Gasteiger partial charge >= 0.3 is 0 Å². The first-order chi connectivity index (χ1) is 14.8. The number of aromatic nitrogens is 2. The van der Waals surface area contributed by atoms with Crippen molar-refractivity contribution in [2.24, 2.45) is 0 Å². The predicted molar refractivity (Wildman–Crippen MR) is 127 cm³/mol. The van der Waals surface area contributed by atoms with Crippen molar-refractivity contribution in [2.45, 2.75) is 46.3 Å². The monoisotopic (exact) mass is 606 g/mol. The van der Waals surface area contributed by atoms with Crippen LogP contribution in [0.4, 0.5) is 0 Å². The van der Waals surface area contributed by atoms with E-state index in [-0.39, 0.29) is 32.3 Å². The Morgan fingerprint density at radius 3 is 2.16 bits per heavy atom. The summed E-state index contributed by atoms with van der Waals surface area (Å²) in [6.07, 6.45) is 1.53. The number of aryl methyl sites for hydroxylation is 2. The third-order valence-electron chi connectivity index (χ3n) is 4.88. The van der Waals surface area contributed by atoms with Crippen molar-refractivity contribution >= 4 is 10.8 Å². The Bertz CT molecular complexity index is 1140. The fraction of sp³-hybridized carbons (Fsp3) is 0.259. The van der Waals surface area contributed by atoms with Gasteiger partial charge in [-0.25, -0.2) is 0 Å². The topological polar surface area (TPSA) is 66.2 Å². The van der Waals surface area contributed by atoms with Gasteiger partial charge in [-0.3, -0.25) is 4.98 Å². The number of aliphatic hydroxyl groups excluding tert-OH is 2. The summed E-state index contributed by atoms with van der Waals surface area (Å²) in [6, 6.07) is 24.5. The molecule has 0 aliphatic heterocycles. The summed E-state index contributed by atoms with van der Waals surface area (Å²) in [5.41, 5.74) is 6.19. The molecule has 0 saturated carbocycles. The van der Waals surface area contributed by atoms with Gasteiger partial charge in [-0.2, -0.15) is 0 Å². The van der Waals surface area contributed by atoms with E-state index in [9.17, 15) is 0 Å². The summed E-state index contributed by atoms with van der Waals surface area (Å²) in [5.74, 6) is 0. The number of fused-ring (bicyclic) bond motifs is 1. The fourth-order valence-corrected chi connectivity index (χ4v) is 3.49. The number of hydrogen-bond donors (Lipinski definition) is 2. The molecular formula is C27H29IrN2O2-. The van der Waals surface area contributed by atoms with Gasteiger partial charge in [0.2, 0.25) is 0 Å². The Labute approximate surface area is 203 Å². The van der Waals surface area contributed by atoms with Crippen LogP contribution in [0.2, 0.25) is 0 Å². The Kier molecular flexibility index (Phi) is 9.67. The molecule has 1 heterocycles. The van der Waals surface area contributed by atoms with Crippen LogP contribution in [-0.4, -0.2) is 32.4 Å². The van der Waals surface area contributed by atoms with E-state index < -0.39 is 0 Å². The number of aliphatic hydroxyl groups is 2. The number of rotatable bonds is 4. The first-order valence-electron chi connectivity index (χ1n) is 10.5. The van der Waals surface area contributed by atoms with E-state index in [2.05, 4.69) is 64.6 Å². The van der Waals surface area contributed by atoms with Crippen molar-refractivity contribution in [3.8, 4) is 22.4 Å². The van der Waals surface area contributed by atoms with E-state index >= 15 is 0 Å². The summed E-state index contributed by atoms with van der Waals surface area (Å²) in [5, 5.41) is 19.5. The van der Waals surface area contributed by atoms with Crippen molar-refractivity contribution in [2.75, 3.05) is 0 Å². The number of benzene rings is 3. The summed E-state index contributed by atoms with van der Waals surface area (Å²) < 4.78 is 0. The SMILES string of the molecule is CC(O)CC(C)O.Cc1cnc(-c2[c-]cc3ccc(-c4ccccc4)cc3c2)c(C)n1.[Ir]. The predicted octanol–water partition coefficient (Wildman–Crippen LogP) is 5.52. The second kappa shape index (κ2) is 12.0. The van der Waals surface area contributed by atoms with E-state index in [4.69, 9.17) is 10.2 Å². The van der Waals surface area contributed by atoms with E-state index in [0.717, 1.165) is 22.6 Å². The van der Waals surface area contributed by atoms with Crippen molar-refractivity contribution in [3.05, 3.63) is 84.3 Å². The molecule has 0 amide bonds. The average molecular weight is 606 g/mol. The zero-order valence-electron chi connectivity index (χ0n) is 18.8. The van der Waals surface area contributed by atoms with Crippen LogP contribution in [0.3, 0.4) is 0 Å². The Morgan fingerprint density at radius 1 is 0.875 bits per heavy atom. The van der Waals surface area contributed by atoms with Crippen LogP contribution in [0.1, 0.15) is 31.7 Å². The van der Waals surface area contributed by atoms with Gasteiger partial charge in [-0.05, 0) is 45.2 Å². The summed E-state index contributed by atoms with van der Waals surface area (Å²) in [4.78, 5) is 9.05. The Hall–Kier alpha value is -2.43. The van der Waals surface area contributed by atoms with Crippen LogP contribution in [-0.2, 0) is 20.1 Å². The molecule has 0 bridgehead atoms. The quantitative estimate of drug-likeness (QED) is 0.301. The molecule has 5 heteroatoms. The fourth-order valence-electron chi connectivity index (χ4n) is 3.49. The van der Waals surface area contributed by atoms with E-state index in [1.165, 1.54) is 21.9 Å². The molecule has 0 saturated heterocycles. The normalized spacial score (nSPS) is 12.3. The molecule has 4 nitrogen and oxygen atoms in total. The first kappa shape index (κ1) is 25.8. The van der Waals surface area contributed by atoms with Crippen LogP contribution in [0.15, 0.2) is 66.9 Å². The maximum absolute atomic E-state index is 8.56. The van der Waals surface area contributed by atoms with Gasteiger partial charge in [0.05, 0.1) is 17.9 Å². The molecule has 2 unspecified atom stereocenters. The zero-order valence-corrected chi connectivity index (χ0v) is 21.2. The van der Waals surface area contributed by atoms with Gasteiger partial charge < -0.3 is 15.2 Å². The minimum Gasteiger partial charge on any atom is -0.393 e. The molecule has 0 spiro atoms. The molecule has 0 fully saturated rings. The number of nitrogens with zero attached hydrogens (tertiary/aromatic N) is 2. The van der Waals surface area contributed by atoms with E-state index in [0.29, 0.717) is 6.42 Å². The molecule has 2 atom stereocenters. The smallest absolute Gasteiger partial charge is 0.0539 e. The minimum atomic E-state index is -0.375. The van der Waals surface area contributed by atoms with Crippen LogP contribution >= 0.6 is 0 Å². The second-order valence-corrected chi connectivity index (χ2v) is 7.94. The molecule has 3 aromatic carbocycles. The Balaban J connectivity index is 0.000000398. The van der Waals surface area contributed by atoms with Gasteiger partial charge in [0.15, 0.2) is 0 Å². The summed E-state index contributed by atoms with van der Waals surface area (Å²) >= 11 is 0. The standard InChI is InChI=1S/C22H17N2.C5H12O2.Ir/c1-15-14-23-22(16(2)24-15)20-11-9-18-8-10-19(12-21(18)13-20)17-6-4-3-5-7-17;1-4(6)3-5(2)7;/h3-10,12-14H,1-2H3;4-7H,3H2,1-2H3;/q-1;;. The molecule has 169 valence electrons. The maximum Gasteiger partial charge on any atom is 0.0539 e. The minimum absolute atomic E-state index is 0. The van der Waals surface area contributed by atoms with Crippen LogP contribution in [0, 0.1) is 19.9 Å². The largest absolute Gasteiger partial charge is 0.393 e. The van der Waals surface area contributed by atoms with Crippen LogP contribution in [0.5, 0.6) is 0 Å². The second-order valence-electron chi connectivity index (χ2n) is 7.94. The van der Waals surface area contributed by atoms with Gasteiger partial charge in [0.25, 0.3) is 0 Å². The molecule has 2 N–H and O–H groups in total. The molecule has 32 heavy (non-hydrogen) atoms. The van der Waals surface area contributed by atoms with E-state index in [1.54, 1.807) is 20.0 Å². The van der Waals surface area contributed by atoms with Crippen LogP contribution in [0.25, 0.3) is 33.2 Å². The Morgan fingerprint density at radius 2 is 1.56 bits per heavy atom. The third kappa shape index (κ3) is 7.04. The van der Waals surface area contributed by atoms with E-state index in [1.807, 2.05) is 26.0 Å². The molecule has 0 aliphatic carbocycles. The van der Waals surface area contributed by atoms with Gasteiger partial charge in [0, 0.05) is 37.7 Å². The van der Waals surface area contributed by atoms with Crippen molar-refractivity contribution in [3.63, 3.8) is 0 Å². The van der Waals surface area contributed by atoms with Crippen LogP contribution < -0.4 is 0 Å². The maximum atomic E-state index is 8.56. The molecular weight excluding hydrogens is 577 g/mol. The summed E-state index contributed by atoms with van der Waals surface area (Å²) in [6.45, 7) is 7.27. The molecule has 1 aromatic heterocycles. The molecule has 4 aromatic rings. The molecule has 1 radical (unpaired) electrons. The summed E-state index contributed by atoms with van der Waals surface area (Å²) in [7, 11) is 0. The van der Waals surface area contributed by atoms with Crippen molar-refractivity contribution in [1.29, 1.82) is 0 Å². The average Bonchev–Trinajstić information content (AvgIpc) is 2.73. The zero-order chi connectivity index (χ0) is 22.4. The van der Waals surface area contributed by atoms with Gasteiger partial charge in [-0.1, -0.05) is 53.9 Å². The molecule has 0 aliphatic rings. The van der Waals surface area contributed by atoms with Gasteiger partial charge in [0.1, 0.15) is 0 Å².